The Hall–Kier alpha value is -1.93. The zero-order valence-electron chi connectivity index (χ0n) is 13.1. The number of hydrogen-bond donors (Lipinski definition) is 1. The summed E-state index contributed by atoms with van der Waals surface area (Å²) in [5.41, 5.74) is 1.88. The number of thioether (sulfide) groups is 1. The lowest BCUT2D eigenvalue weighted by Crippen LogP contribution is -2.27. The Morgan fingerprint density at radius 2 is 2.26 bits per heavy atom. The van der Waals surface area contributed by atoms with Crippen molar-refractivity contribution >= 4 is 34.8 Å². The van der Waals surface area contributed by atoms with Crippen molar-refractivity contribution in [2.24, 2.45) is 0 Å². The number of carbonyl (C=O) groups is 1. The van der Waals surface area contributed by atoms with Gasteiger partial charge in [0.25, 0.3) is 5.78 Å². The summed E-state index contributed by atoms with van der Waals surface area (Å²) in [5.74, 6) is 0.818. The maximum Gasteiger partial charge on any atom is 0.253 e. The second kappa shape index (κ2) is 6.67. The van der Waals surface area contributed by atoms with Crippen molar-refractivity contribution in [2.45, 2.75) is 32.0 Å². The van der Waals surface area contributed by atoms with E-state index in [1.165, 1.54) is 11.8 Å². The first-order chi connectivity index (χ1) is 11.0. The molecule has 0 spiro atoms. The minimum absolute atomic E-state index is 0.0173. The van der Waals surface area contributed by atoms with E-state index in [2.05, 4.69) is 20.4 Å². The quantitative estimate of drug-likeness (QED) is 0.719. The maximum absolute atomic E-state index is 12.1. The number of thiophene rings is 1. The number of amides is 1. The smallest absolute Gasteiger partial charge is 0.253 e. The van der Waals surface area contributed by atoms with Gasteiger partial charge in [-0.3, -0.25) is 4.79 Å². The first kappa shape index (κ1) is 15.9. The number of nitrogens with one attached hydrogen (secondary N) is 1. The lowest BCUT2D eigenvalue weighted by atomic mass is 10.3. The van der Waals surface area contributed by atoms with E-state index in [0.29, 0.717) is 10.9 Å². The number of carbonyl (C=O) groups excluding carboxylic acids is 1. The van der Waals surface area contributed by atoms with E-state index in [9.17, 15) is 4.79 Å². The second-order valence-electron chi connectivity index (χ2n) is 5.24. The van der Waals surface area contributed by atoms with E-state index in [0.717, 1.165) is 16.3 Å². The molecule has 1 amide bonds. The molecule has 0 saturated heterocycles. The predicted octanol–water partition coefficient (Wildman–Crippen LogP) is 2.77. The summed E-state index contributed by atoms with van der Waals surface area (Å²) < 4.78 is 1.70. The van der Waals surface area contributed by atoms with Gasteiger partial charge in [-0.05, 0) is 38.3 Å². The third-order valence-electron chi connectivity index (χ3n) is 3.28. The van der Waals surface area contributed by atoms with Gasteiger partial charge in [-0.15, -0.1) is 16.4 Å². The number of hydrogen-bond acceptors (Lipinski definition) is 6. The number of fused-ring (bicyclic) bond motifs is 1. The summed E-state index contributed by atoms with van der Waals surface area (Å²) in [6.07, 6.45) is 0. The molecule has 3 aromatic heterocycles. The fraction of sp³-hybridized carbons (Fsp3) is 0.333. The Balaban J connectivity index is 1.62. The van der Waals surface area contributed by atoms with Crippen LogP contribution in [-0.4, -0.2) is 31.2 Å². The van der Waals surface area contributed by atoms with Gasteiger partial charge >= 0.3 is 0 Å². The molecule has 1 unspecified atom stereocenters. The molecule has 1 atom stereocenters. The Morgan fingerprint density at radius 1 is 1.43 bits per heavy atom. The van der Waals surface area contributed by atoms with Crippen LogP contribution in [0.3, 0.4) is 0 Å². The molecule has 1 N–H and O–H groups in total. The van der Waals surface area contributed by atoms with Gasteiger partial charge in [0, 0.05) is 16.3 Å². The van der Waals surface area contributed by atoms with Gasteiger partial charge in [-0.1, -0.05) is 17.8 Å². The van der Waals surface area contributed by atoms with Crippen LogP contribution in [-0.2, 0) is 4.79 Å². The molecule has 0 bridgehead atoms. The molecule has 0 radical (unpaired) electrons. The minimum Gasteiger partial charge on any atom is -0.348 e. The van der Waals surface area contributed by atoms with Gasteiger partial charge in [0.2, 0.25) is 11.1 Å². The van der Waals surface area contributed by atoms with Crippen LogP contribution < -0.4 is 5.32 Å². The number of rotatable bonds is 5. The topological polar surface area (TPSA) is 72.2 Å². The highest BCUT2D eigenvalue weighted by Crippen LogP contribution is 2.19. The van der Waals surface area contributed by atoms with E-state index in [1.54, 1.807) is 15.9 Å². The molecule has 0 fully saturated rings. The highest BCUT2D eigenvalue weighted by molar-refractivity contribution is 7.99. The summed E-state index contributed by atoms with van der Waals surface area (Å²) in [6.45, 7) is 5.86. The molecule has 6 nitrogen and oxygen atoms in total. The lowest BCUT2D eigenvalue weighted by molar-refractivity contribution is -0.119. The molecule has 3 heterocycles. The van der Waals surface area contributed by atoms with Gasteiger partial charge in [-0.25, -0.2) is 9.50 Å². The van der Waals surface area contributed by atoms with Crippen LogP contribution in [0, 0.1) is 13.8 Å². The van der Waals surface area contributed by atoms with Crippen molar-refractivity contribution in [1.29, 1.82) is 0 Å². The number of aryl methyl sites for hydroxylation is 2. The molecule has 3 aromatic rings. The number of nitrogens with zero attached hydrogens (tertiary/aromatic N) is 4. The Labute approximate surface area is 142 Å². The van der Waals surface area contributed by atoms with E-state index < -0.39 is 0 Å². The molecule has 23 heavy (non-hydrogen) atoms. The van der Waals surface area contributed by atoms with Crippen LogP contribution in [0.5, 0.6) is 0 Å². The Kier molecular flexibility index (Phi) is 4.63. The van der Waals surface area contributed by atoms with Crippen molar-refractivity contribution in [3.8, 4) is 0 Å². The van der Waals surface area contributed by atoms with E-state index in [-0.39, 0.29) is 17.7 Å². The van der Waals surface area contributed by atoms with Crippen molar-refractivity contribution in [3.63, 3.8) is 0 Å². The predicted molar refractivity (Wildman–Crippen MR) is 91.9 cm³/mol. The minimum atomic E-state index is -0.0318. The van der Waals surface area contributed by atoms with Crippen LogP contribution in [0.25, 0.3) is 5.78 Å². The molecule has 0 aliphatic rings. The summed E-state index contributed by atoms with van der Waals surface area (Å²) in [6, 6.07) is 5.97. The van der Waals surface area contributed by atoms with Gasteiger partial charge in [0.05, 0.1) is 11.8 Å². The van der Waals surface area contributed by atoms with Crippen molar-refractivity contribution in [3.05, 3.63) is 39.8 Å². The van der Waals surface area contributed by atoms with Gasteiger partial charge in [-0.2, -0.15) is 4.98 Å². The SMILES string of the molecule is Cc1cc(C)n2nc(SCC(=O)NC(C)c3cccs3)nc2n1. The monoisotopic (exact) mass is 347 g/mol. The summed E-state index contributed by atoms with van der Waals surface area (Å²) in [7, 11) is 0. The Morgan fingerprint density at radius 3 is 3.00 bits per heavy atom. The lowest BCUT2D eigenvalue weighted by Gasteiger charge is -2.11. The van der Waals surface area contributed by atoms with Gasteiger partial charge < -0.3 is 5.32 Å². The van der Waals surface area contributed by atoms with E-state index in [4.69, 9.17) is 0 Å². The number of aromatic nitrogens is 4. The molecule has 8 heteroatoms. The summed E-state index contributed by atoms with van der Waals surface area (Å²) >= 11 is 2.95. The molecular weight excluding hydrogens is 330 g/mol. The second-order valence-corrected chi connectivity index (χ2v) is 7.16. The van der Waals surface area contributed by atoms with Crippen LogP contribution in [0.4, 0.5) is 0 Å². The largest absolute Gasteiger partial charge is 0.348 e. The highest BCUT2D eigenvalue weighted by Gasteiger charge is 2.13. The first-order valence-electron chi connectivity index (χ1n) is 7.19. The van der Waals surface area contributed by atoms with Crippen LogP contribution in [0.15, 0.2) is 28.7 Å². The molecule has 0 aliphatic carbocycles. The van der Waals surface area contributed by atoms with Crippen LogP contribution in [0.1, 0.15) is 29.2 Å². The average molecular weight is 347 g/mol. The molecule has 0 aliphatic heterocycles. The fourth-order valence-corrected chi connectivity index (χ4v) is 3.59. The van der Waals surface area contributed by atoms with Gasteiger partial charge in [0.1, 0.15) is 0 Å². The molecular formula is C15H17N5OS2. The first-order valence-corrected chi connectivity index (χ1v) is 9.06. The third kappa shape index (κ3) is 3.70. The zero-order chi connectivity index (χ0) is 16.4. The maximum atomic E-state index is 12.1. The fourth-order valence-electron chi connectivity index (χ4n) is 2.23. The van der Waals surface area contributed by atoms with Crippen molar-refractivity contribution < 1.29 is 4.79 Å². The summed E-state index contributed by atoms with van der Waals surface area (Å²) in [4.78, 5) is 21.9. The van der Waals surface area contributed by atoms with Crippen molar-refractivity contribution in [1.82, 2.24) is 24.9 Å². The zero-order valence-corrected chi connectivity index (χ0v) is 14.7. The van der Waals surface area contributed by atoms with Gasteiger partial charge in [0.15, 0.2) is 0 Å². The van der Waals surface area contributed by atoms with E-state index in [1.807, 2.05) is 44.4 Å². The summed E-state index contributed by atoms with van der Waals surface area (Å²) in [5, 5.41) is 9.93. The normalized spacial score (nSPS) is 12.5. The molecule has 3 rings (SSSR count). The van der Waals surface area contributed by atoms with Crippen molar-refractivity contribution in [2.75, 3.05) is 5.75 Å². The van der Waals surface area contributed by atoms with Crippen LogP contribution >= 0.6 is 23.1 Å². The standard InChI is InChI=1S/C15H17N5OS2/c1-9-7-10(2)20-14(16-9)18-15(19-20)23-8-13(21)17-11(3)12-5-4-6-22-12/h4-7,11H,8H2,1-3H3,(H,17,21). The van der Waals surface area contributed by atoms with Crippen LogP contribution in [0.2, 0.25) is 0 Å². The molecule has 0 aromatic carbocycles. The third-order valence-corrected chi connectivity index (χ3v) is 5.17. The van der Waals surface area contributed by atoms with E-state index >= 15 is 0 Å². The molecule has 0 saturated carbocycles. The highest BCUT2D eigenvalue weighted by atomic mass is 32.2. The molecule has 120 valence electrons. The Bertz CT molecular complexity index is 828. The average Bonchev–Trinajstić information content (AvgIpc) is 3.14.